The van der Waals surface area contributed by atoms with E-state index in [0.29, 0.717) is 18.7 Å². The Hall–Kier alpha value is -1.60. The molecule has 0 radical (unpaired) electrons. The first-order chi connectivity index (χ1) is 10.9. The third kappa shape index (κ3) is 3.07. The van der Waals surface area contributed by atoms with Crippen LogP contribution >= 0.6 is 11.6 Å². The topological polar surface area (TPSA) is 74.8 Å². The fourth-order valence-electron chi connectivity index (χ4n) is 2.94. The Morgan fingerprint density at radius 3 is 2.39 bits per heavy atom. The van der Waals surface area contributed by atoms with E-state index in [4.69, 9.17) is 11.6 Å². The van der Waals surface area contributed by atoms with Gasteiger partial charge in [-0.3, -0.25) is 9.59 Å². The number of carbonyl (C=O) groups excluding carboxylic acids is 2. The minimum atomic E-state index is -3.63. The summed E-state index contributed by atoms with van der Waals surface area (Å²) in [5.74, 6) is -0.828. The molecule has 8 heteroatoms. The third-order valence-corrected chi connectivity index (χ3v) is 6.14. The summed E-state index contributed by atoms with van der Waals surface area (Å²) < 4.78 is 24.6. The zero-order valence-electron chi connectivity index (χ0n) is 12.5. The van der Waals surface area contributed by atoms with E-state index in [1.165, 1.54) is 18.2 Å². The van der Waals surface area contributed by atoms with Crippen LogP contribution in [0, 0.1) is 0 Å². The summed E-state index contributed by atoms with van der Waals surface area (Å²) >= 11 is 6.18. The Labute approximate surface area is 140 Å². The highest BCUT2D eigenvalue weighted by molar-refractivity contribution is 7.94. The maximum absolute atomic E-state index is 12.5. The molecule has 2 amide bonds. The van der Waals surface area contributed by atoms with Gasteiger partial charge < -0.3 is 4.90 Å². The highest BCUT2D eigenvalue weighted by Crippen LogP contribution is 2.30. The Bertz CT molecular complexity index is 757. The van der Waals surface area contributed by atoms with Gasteiger partial charge in [-0.2, -0.15) is 0 Å². The normalized spacial score (nSPS) is 20.8. The maximum atomic E-state index is 12.5. The van der Waals surface area contributed by atoms with Crippen molar-refractivity contribution in [2.24, 2.45) is 0 Å². The first-order valence-electron chi connectivity index (χ1n) is 7.55. The molecule has 2 heterocycles. The molecule has 6 nitrogen and oxygen atoms in total. The number of benzene rings is 1. The van der Waals surface area contributed by atoms with Crippen molar-refractivity contribution < 1.29 is 18.0 Å². The minimum Gasteiger partial charge on any atom is -0.339 e. The fourth-order valence-corrected chi connectivity index (χ4v) is 4.65. The van der Waals surface area contributed by atoms with E-state index in [1.807, 2.05) is 0 Å². The van der Waals surface area contributed by atoms with E-state index in [2.05, 4.69) is 0 Å². The van der Waals surface area contributed by atoms with Crippen LogP contribution in [0.25, 0.3) is 0 Å². The van der Waals surface area contributed by atoms with Gasteiger partial charge in [0.25, 0.3) is 5.91 Å². The van der Waals surface area contributed by atoms with E-state index in [0.717, 1.165) is 23.6 Å². The smallest absolute Gasteiger partial charge is 0.255 e. The first-order valence-corrected chi connectivity index (χ1v) is 9.53. The largest absolute Gasteiger partial charge is 0.339 e. The molecule has 2 aliphatic heterocycles. The number of hydrogen-bond acceptors (Lipinski definition) is 4. The fraction of sp³-hybridized carbons (Fsp3) is 0.467. The SMILES string of the molecule is O=C(c1ccc(N2C(=O)CCS2(=O)=O)cc1Cl)N1CCCCC1. The summed E-state index contributed by atoms with van der Waals surface area (Å²) in [5, 5.41) is 0.160. The number of hydrogen-bond donors (Lipinski definition) is 0. The standard InChI is InChI=1S/C15H17ClN2O4S/c16-13-10-11(18-14(19)6-9-23(18,21)22)4-5-12(13)15(20)17-7-2-1-3-8-17/h4-5,10H,1-3,6-9H2. The predicted molar refractivity (Wildman–Crippen MR) is 87.1 cm³/mol. The number of likely N-dealkylation sites (tertiary alicyclic amines) is 1. The molecule has 2 fully saturated rings. The molecular weight excluding hydrogens is 340 g/mol. The van der Waals surface area contributed by atoms with E-state index < -0.39 is 15.9 Å². The lowest BCUT2D eigenvalue weighted by molar-refractivity contribution is -0.116. The molecule has 0 saturated carbocycles. The number of rotatable bonds is 2. The molecule has 124 valence electrons. The quantitative estimate of drug-likeness (QED) is 0.812. The van der Waals surface area contributed by atoms with Crippen LogP contribution in [0.2, 0.25) is 5.02 Å². The Morgan fingerprint density at radius 1 is 1.13 bits per heavy atom. The lowest BCUT2D eigenvalue weighted by atomic mass is 10.1. The number of sulfonamides is 1. The van der Waals surface area contributed by atoms with Gasteiger partial charge in [-0.25, -0.2) is 12.7 Å². The molecule has 3 rings (SSSR count). The molecule has 1 aromatic rings. The average molecular weight is 357 g/mol. The minimum absolute atomic E-state index is 0.0333. The summed E-state index contributed by atoms with van der Waals surface area (Å²) in [6.07, 6.45) is 3.03. The average Bonchev–Trinajstić information content (AvgIpc) is 2.80. The number of piperidine rings is 1. The molecular formula is C15H17ClN2O4S. The number of nitrogens with zero attached hydrogens (tertiary/aromatic N) is 2. The lowest BCUT2D eigenvalue weighted by Crippen LogP contribution is -2.35. The van der Waals surface area contributed by atoms with Crippen LogP contribution in [-0.2, 0) is 14.8 Å². The van der Waals surface area contributed by atoms with E-state index >= 15 is 0 Å². The van der Waals surface area contributed by atoms with Crippen molar-refractivity contribution in [3.8, 4) is 0 Å². The highest BCUT2D eigenvalue weighted by atomic mass is 35.5. The van der Waals surface area contributed by atoms with Gasteiger partial charge in [-0.05, 0) is 37.5 Å². The van der Waals surface area contributed by atoms with Crippen LogP contribution in [0.1, 0.15) is 36.0 Å². The van der Waals surface area contributed by atoms with Gasteiger partial charge >= 0.3 is 0 Å². The summed E-state index contributed by atoms with van der Waals surface area (Å²) in [4.78, 5) is 26.0. The van der Waals surface area contributed by atoms with Gasteiger partial charge in [0.05, 0.1) is 22.0 Å². The van der Waals surface area contributed by atoms with Gasteiger partial charge in [0.1, 0.15) is 0 Å². The van der Waals surface area contributed by atoms with Crippen molar-refractivity contribution in [3.05, 3.63) is 28.8 Å². The molecule has 23 heavy (non-hydrogen) atoms. The molecule has 0 aliphatic carbocycles. The number of amides is 2. The Kier molecular flexibility index (Phi) is 4.33. The van der Waals surface area contributed by atoms with Gasteiger partial charge in [-0.1, -0.05) is 11.6 Å². The zero-order chi connectivity index (χ0) is 16.6. The van der Waals surface area contributed by atoms with Gasteiger partial charge in [0, 0.05) is 19.5 Å². The van der Waals surface area contributed by atoms with Gasteiger partial charge in [0.2, 0.25) is 15.9 Å². The number of anilines is 1. The van der Waals surface area contributed by atoms with Crippen molar-refractivity contribution >= 4 is 39.1 Å². The van der Waals surface area contributed by atoms with Gasteiger partial charge in [-0.15, -0.1) is 0 Å². The zero-order valence-corrected chi connectivity index (χ0v) is 14.1. The lowest BCUT2D eigenvalue weighted by Gasteiger charge is -2.27. The molecule has 0 spiro atoms. The van der Waals surface area contributed by atoms with Crippen LogP contribution in [0.4, 0.5) is 5.69 Å². The van der Waals surface area contributed by atoms with Crippen molar-refractivity contribution in [1.82, 2.24) is 4.90 Å². The summed E-state index contributed by atoms with van der Waals surface area (Å²) in [5.41, 5.74) is 0.522. The van der Waals surface area contributed by atoms with Gasteiger partial charge in [0.15, 0.2) is 0 Å². The Balaban J connectivity index is 1.89. The monoisotopic (exact) mass is 356 g/mol. The molecule has 0 atom stereocenters. The van der Waals surface area contributed by atoms with Crippen molar-refractivity contribution in [3.63, 3.8) is 0 Å². The third-order valence-electron chi connectivity index (χ3n) is 4.14. The summed E-state index contributed by atoms with van der Waals surface area (Å²) in [6, 6.07) is 4.33. The number of carbonyl (C=O) groups is 2. The van der Waals surface area contributed by atoms with Crippen molar-refractivity contribution in [1.29, 1.82) is 0 Å². The Morgan fingerprint density at radius 2 is 1.83 bits per heavy atom. The first kappa shape index (κ1) is 16.3. The van der Waals surface area contributed by atoms with Crippen molar-refractivity contribution in [2.45, 2.75) is 25.7 Å². The second kappa shape index (κ2) is 6.13. The molecule has 2 saturated heterocycles. The van der Waals surface area contributed by atoms with Crippen LogP contribution in [0.3, 0.4) is 0 Å². The van der Waals surface area contributed by atoms with Crippen molar-refractivity contribution in [2.75, 3.05) is 23.1 Å². The molecule has 0 aromatic heterocycles. The van der Waals surface area contributed by atoms with Crippen LogP contribution in [0.15, 0.2) is 18.2 Å². The second-order valence-corrected chi connectivity index (χ2v) is 8.09. The summed E-state index contributed by atoms with van der Waals surface area (Å²) in [6.45, 7) is 1.41. The molecule has 0 unspecified atom stereocenters. The number of halogens is 1. The maximum Gasteiger partial charge on any atom is 0.255 e. The highest BCUT2D eigenvalue weighted by Gasteiger charge is 2.36. The molecule has 1 aromatic carbocycles. The van der Waals surface area contributed by atoms with Crippen LogP contribution < -0.4 is 4.31 Å². The van der Waals surface area contributed by atoms with E-state index in [1.54, 1.807) is 4.90 Å². The van der Waals surface area contributed by atoms with Crippen LogP contribution in [0.5, 0.6) is 0 Å². The van der Waals surface area contributed by atoms with E-state index in [9.17, 15) is 18.0 Å². The second-order valence-electron chi connectivity index (χ2n) is 5.74. The molecule has 2 aliphatic rings. The predicted octanol–water partition coefficient (Wildman–Crippen LogP) is 2.03. The van der Waals surface area contributed by atoms with Crippen LogP contribution in [-0.4, -0.2) is 44.0 Å². The molecule has 0 bridgehead atoms. The summed E-state index contributed by atoms with van der Waals surface area (Å²) in [7, 11) is -3.63. The molecule has 0 N–H and O–H groups in total. The van der Waals surface area contributed by atoms with E-state index in [-0.39, 0.29) is 28.8 Å².